The Balaban J connectivity index is 2.36. The van der Waals surface area contributed by atoms with E-state index in [1.54, 1.807) is 12.1 Å². The van der Waals surface area contributed by atoms with Gasteiger partial charge in [0.1, 0.15) is 11.6 Å². The normalized spacial score (nSPS) is 16.9. The zero-order valence-corrected chi connectivity index (χ0v) is 14.0. The molecule has 1 atom stereocenters. The lowest BCUT2D eigenvalue weighted by Crippen LogP contribution is -2.44. The van der Waals surface area contributed by atoms with Crippen LogP contribution in [0, 0.1) is 5.82 Å². The van der Waals surface area contributed by atoms with Crippen molar-refractivity contribution in [2.75, 3.05) is 5.32 Å². The van der Waals surface area contributed by atoms with Crippen LogP contribution in [0.25, 0.3) is 0 Å². The second-order valence-electron chi connectivity index (χ2n) is 5.44. The minimum atomic E-state index is -0.748. The summed E-state index contributed by atoms with van der Waals surface area (Å²) in [5.74, 6) is -1.50. The zero-order chi connectivity index (χ0) is 16.9. The number of carbonyl (C=O) groups excluding carboxylic acids is 1. The van der Waals surface area contributed by atoms with Gasteiger partial charge in [0.25, 0.3) is 5.56 Å². The Hall–Kier alpha value is -2.22. The monoisotopic (exact) mass is 381 g/mol. The highest BCUT2D eigenvalue weighted by Gasteiger charge is 2.33. The summed E-state index contributed by atoms with van der Waals surface area (Å²) < 4.78 is 17.0. The molecule has 1 aliphatic rings. The van der Waals surface area contributed by atoms with E-state index in [0.717, 1.165) is 4.57 Å². The summed E-state index contributed by atoms with van der Waals surface area (Å²) >= 11 is 3.27. The Kier molecular flexibility index (Phi) is 3.71. The van der Waals surface area contributed by atoms with Crippen LogP contribution in [0.3, 0.4) is 0 Å². The first-order valence-corrected chi connectivity index (χ1v) is 7.65. The molecular formula is C15H13BrFN3O3. The molecule has 1 N–H and O–H groups in total. The Morgan fingerprint density at radius 3 is 2.61 bits per heavy atom. The summed E-state index contributed by atoms with van der Waals surface area (Å²) in [7, 11) is 2.82. The summed E-state index contributed by atoms with van der Waals surface area (Å²) in [6, 6.07) is 4.37. The summed E-state index contributed by atoms with van der Waals surface area (Å²) in [5.41, 5.74) is -0.630. The number of hydrogen-bond acceptors (Lipinski definition) is 3. The van der Waals surface area contributed by atoms with Gasteiger partial charge in [0.15, 0.2) is 0 Å². The highest BCUT2D eigenvalue weighted by atomic mass is 79.9. The van der Waals surface area contributed by atoms with E-state index in [-0.39, 0.29) is 29.3 Å². The molecule has 3 rings (SSSR count). The Morgan fingerprint density at radius 2 is 1.91 bits per heavy atom. The molecule has 2 aromatic rings. The third-order valence-corrected chi connectivity index (χ3v) is 4.52. The summed E-state index contributed by atoms with van der Waals surface area (Å²) in [6.45, 7) is 0. The number of nitrogens with one attached hydrogen (secondary N) is 1. The van der Waals surface area contributed by atoms with Crippen molar-refractivity contribution < 1.29 is 9.18 Å². The quantitative estimate of drug-likeness (QED) is 0.812. The lowest BCUT2D eigenvalue weighted by Gasteiger charge is -2.27. The molecule has 6 nitrogen and oxygen atoms in total. The zero-order valence-electron chi connectivity index (χ0n) is 12.4. The van der Waals surface area contributed by atoms with E-state index >= 15 is 0 Å². The first-order chi connectivity index (χ1) is 10.8. The van der Waals surface area contributed by atoms with Gasteiger partial charge in [-0.3, -0.25) is 18.7 Å². The third kappa shape index (κ3) is 2.42. The van der Waals surface area contributed by atoms with E-state index in [1.165, 1.54) is 24.7 Å². The molecule has 120 valence electrons. The summed E-state index contributed by atoms with van der Waals surface area (Å²) in [4.78, 5) is 36.6. The highest BCUT2D eigenvalue weighted by Crippen LogP contribution is 2.36. The molecule has 0 fully saturated rings. The van der Waals surface area contributed by atoms with Crippen LogP contribution in [0.15, 0.2) is 32.3 Å². The van der Waals surface area contributed by atoms with Gasteiger partial charge in [-0.05, 0) is 23.8 Å². The van der Waals surface area contributed by atoms with Gasteiger partial charge >= 0.3 is 5.69 Å². The number of hydrogen-bond donors (Lipinski definition) is 1. The number of carbonyl (C=O) groups is 1. The van der Waals surface area contributed by atoms with Crippen molar-refractivity contribution in [3.8, 4) is 0 Å². The van der Waals surface area contributed by atoms with Crippen molar-refractivity contribution in [3.63, 3.8) is 0 Å². The number of nitrogens with zero attached hydrogens (tertiary/aromatic N) is 2. The minimum absolute atomic E-state index is 0.0617. The Morgan fingerprint density at radius 1 is 1.22 bits per heavy atom. The largest absolute Gasteiger partial charge is 0.332 e. The van der Waals surface area contributed by atoms with Crippen LogP contribution in [0.1, 0.15) is 23.5 Å². The van der Waals surface area contributed by atoms with Crippen LogP contribution >= 0.6 is 15.9 Å². The predicted octanol–water partition coefficient (Wildman–Crippen LogP) is 1.46. The van der Waals surface area contributed by atoms with Gasteiger partial charge in [0.2, 0.25) is 5.91 Å². The first kappa shape index (κ1) is 15.7. The van der Waals surface area contributed by atoms with Crippen molar-refractivity contribution in [2.45, 2.75) is 12.3 Å². The van der Waals surface area contributed by atoms with E-state index in [1.807, 2.05) is 0 Å². The number of fused-ring (bicyclic) bond motifs is 1. The van der Waals surface area contributed by atoms with Gasteiger partial charge < -0.3 is 5.32 Å². The average Bonchev–Trinajstić information content (AvgIpc) is 2.52. The molecular weight excluding hydrogens is 369 g/mol. The van der Waals surface area contributed by atoms with Crippen LogP contribution in [-0.2, 0) is 18.9 Å². The maximum absolute atomic E-state index is 14.3. The summed E-state index contributed by atoms with van der Waals surface area (Å²) in [6.07, 6.45) is -0.0617. The molecule has 2 heterocycles. The molecule has 1 aromatic heterocycles. The molecule has 0 spiro atoms. The van der Waals surface area contributed by atoms with E-state index in [9.17, 15) is 18.8 Å². The Bertz CT molecular complexity index is 948. The maximum atomic E-state index is 14.3. The standard InChI is InChI=1S/C15H13BrFN3O3/c1-19-13-12(14(22)20(2)15(19)23)9(6-11(21)18-13)8-5-7(16)3-4-10(8)17/h3-5,9H,6H2,1-2H3,(H,18,21)/t9-/m1/s1. The molecule has 0 saturated heterocycles. The minimum Gasteiger partial charge on any atom is -0.312 e. The van der Waals surface area contributed by atoms with Crippen molar-refractivity contribution in [2.24, 2.45) is 14.1 Å². The number of aromatic nitrogens is 2. The second-order valence-corrected chi connectivity index (χ2v) is 6.35. The van der Waals surface area contributed by atoms with Gasteiger partial charge in [-0.2, -0.15) is 0 Å². The number of halogens is 2. The number of amides is 1. The van der Waals surface area contributed by atoms with Crippen LogP contribution in [0.2, 0.25) is 0 Å². The van der Waals surface area contributed by atoms with Gasteiger partial charge in [-0.25, -0.2) is 9.18 Å². The molecule has 1 aromatic carbocycles. The highest BCUT2D eigenvalue weighted by molar-refractivity contribution is 9.10. The Labute approximate surface area is 138 Å². The maximum Gasteiger partial charge on any atom is 0.332 e. The van der Waals surface area contributed by atoms with E-state index in [2.05, 4.69) is 21.2 Å². The SMILES string of the molecule is Cn1c2c(c(=O)n(C)c1=O)[C@@H](c1cc(Br)ccc1F)CC(=O)N2. The molecule has 0 aliphatic carbocycles. The predicted molar refractivity (Wildman–Crippen MR) is 86.1 cm³/mol. The van der Waals surface area contributed by atoms with Gasteiger partial charge in [-0.15, -0.1) is 0 Å². The van der Waals surface area contributed by atoms with Crippen molar-refractivity contribution >= 4 is 27.7 Å². The number of anilines is 1. The van der Waals surface area contributed by atoms with Crippen molar-refractivity contribution in [3.05, 3.63) is 60.5 Å². The lowest BCUT2D eigenvalue weighted by atomic mass is 9.86. The molecule has 1 amide bonds. The third-order valence-electron chi connectivity index (χ3n) is 4.03. The van der Waals surface area contributed by atoms with Gasteiger partial charge in [-0.1, -0.05) is 15.9 Å². The molecule has 23 heavy (non-hydrogen) atoms. The molecule has 0 bridgehead atoms. The fourth-order valence-electron chi connectivity index (χ4n) is 2.85. The van der Waals surface area contributed by atoms with Gasteiger partial charge in [0, 0.05) is 30.9 Å². The summed E-state index contributed by atoms with van der Waals surface area (Å²) in [5, 5.41) is 2.55. The fourth-order valence-corrected chi connectivity index (χ4v) is 3.23. The molecule has 1 aliphatic heterocycles. The molecule has 0 unspecified atom stereocenters. The smallest absolute Gasteiger partial charge is 0.312 e. The van der Waals surface area contributed by atoms with Crippen LogP contribution in [-0.4, -0.2) is 15.0 Å². The van der Waals surface area contributed by atoms with Crippen molar-refractivity contribution in [1.82, 2.24) is 9.13 Å². The molecule has 8 heteroatoms. The van der Waals surface area contributed by atoms with Crippen LogP contribution in [0.4, 0.5) is 10.2 Å². The number of rotatable bonds is 1. The molecule has 0 radical (unpaired) electrons. The van der Waals surface area contributed by atoms with Gasteiger partial charge in [0.05, 0.1) is 5.56 Å². The first-order valence-electron chi connectivity index (χ1n) is 6.86. The van der Waals surface area contributed by atoms with E-state index < -0.39 is 23.0 Å². The number of benzene rings is 1. The van der Waals surface area contributed by atoms with Crippen LogP contribution in [0.5, 0.6) is 0 Å². The average molecular weight is 382 g/mol. The second kappa shape index (κ2) is 5.45. The fraction of sp³-hybridized carbons (Fsp3) is 0.267. The topological polar surface area (TPSA) is 73.1 Å². The molecule has 0 saturated carbocycles. The van der Waals surface area contributed by atoms with E-state index in [0.29, 0.717) is 4.47 Å². The van der Waals surface area contributed by atoms with Crippen molar-refractivity contribution in [1.29, 1.82) is 0 Å². The van der Waals surface area contributed by atoms with Crippen LogP contribution < -0.4 is 16.6 Å². The lowest BCUT2D eigenvalue weighted by molar-refractivity contribution is -0.116. The van der Waals surface area contributed by atoms with E-state index in [4.69, 9.17) is 0 Å².